The van der Waals surface area contributed by atoms with Gasteiger partial charge in [-0.05, 0) is 68.1 Å². The second-order valence-corrected chi connectivity index (χ2v) is 10.1. The Balaban J connectivity index is 1.42. The van der Waals surface area contributed by atoms with Crippen molar-refractivity contribution in [3.8, 4) is 0 Å². The number of hydrogen-bond acceptors (Lipinski definition) is 4. The van der Waals surface area contributed by atoms with Gasteiger partial charge in [0, 0.05) is 31.6 Å². The third kappa shape index (κ3) is 7.64. The minimum Gasteiger partial charge on any atom is -0.466 e. The molecule has 0 unspecified atom stereocenters. The van der Waals surface area contributed by atoms with E-state index < -0.39 is 0 Å². The molecule has 1 aliphatic carbocycles. The molecule has 4 rings (SSSR count). The van der Waals surface area contributed by atoms with Crippen LogP contribution in [-0.2, 0) is 27.4 Å². The van der Waals surface area contributed by atoms with Gasteiger partial charge in [0.25, 0.3) is 0 Å². The number of nitrogens with zero attached hydrogens (tertiary/aromatic N) is 2. The molecule has 5 nitrogen and oxygen atoms in total. The summed E-state index contributed by atoms with van der Waals surface area (Å²) in [6.07, 6.45) is 9.97. The number of allylic oxidation sites excluding steroid dienone is 2. The Kier molecular flexibility index (Phi) is 9.48. The van der Waals surface area contributed by atoms with Crippen molar-refractivity contribution < 1.29 is 14.3 Å². The molecule has 0 radical (unpaired) electrons. The van der Waals surface area contributed by atoms with Crippen LogP contribution in [0.5, 0.6) is 0 Å². The van der Waals surface area contributed by atoms with Crippen molar-refractivity contribution in [3.05, 3.63) is 83.4 Å². The van der Waals surface area contributed by atoms with Gasteiger partial charge in [0.15, 0.2) is 0 Å². The predicted octanol–water partition coefficient (Wildman–Crippen LogP) is 6.13. The molecule has 2 fully saturated rings. The Morgan fingerprint density at radius 2 is 1.72 bits per heavy atom. The molecule has 0 aromatic heterocycles. The van der Waals surface area contributed by atoms with E-state index in [2.05, 4.69) is 40.2 Å². The minimum absolute atomic E-state index is 0.109. The molecule has 1 heterocycles. The maximum Gasteiger partial charge on any atom is 0.306 e. The SMILES string of the molecule is CCOC(=O)C[C@@H]1CC(=CC=NCc2ccccc2)C[C@H](C[C@@H]2CCC(=O)N2Cc2ccccc2)C1. The van der Waals surface area contributed by atoms with Crippen molar-refractivity contribution in [2.75, 3.05) is 6.61 Å². The van der Waals surface area contributed by atoms with Crippen molar-refractivity contribution in [2.45, 2.75) is 71.0 Å². The first kappa shape index (κ1) is 25.9. The summed E-state index contributed by atoms with van der Waals surface area (Å²) in [4.78, 5) is 31.6. The molecular formula is C31H38N2O3. The van der Waals surface area contributed by atoms with Crippen LogP contribution < -0.4 is 0 Å². The van der Waals surface area contributed by atoms with Gasteiger partial charge in [0.1, 0.15) is 0 Å². The number of likely N-dealkylation sites (tertiary alicyclic amines) is 1. The monoisotopic (exact) mass is 486 g/mol. The molecule has 1 saturated carbocycles. The quantitative estimate of drug-likeness (QED) is 0.300. The van der Waals surface area contributed by atoms with Gasteiger partial charge < -0.3 is 9.64 Å². The number of ether oxygens (including phenoxy) is 1. The van der Waals surface area contributed by atoms with Gasteiger partial charge in [0.05, 0.1) is 13.2 Å². The maximum absolute atomic E-state index is 12.7. The van der Waals surface area contributed by atoms with E-state index in [1.165, 1.54) is 16.7 Å². The van der Waals surface area contributed by atoms with Crippen LogP contribution in [0.25, 0.3) is 0 Å². The van der Waals surface area contributed by atoms with Crippen LogP contribution >= 0.6 is 0 Å². The lowest BCUT2D eigenvalue weighted by atomic mass is 9.74. The van der Waals surface area contributed by atoms with Crippen molar-refractivity contribution in [2.24, 2.45) is 16.8 Å². The maximum atomic E-state index is 12.7. The predicted molar refractivity (Wildman–Crippen MR) is 143 cm³/mol. The summed E-state index contributed by atoms with van der Waals surface area (Å²) in [6, 6.07) is 20.8. The van der Waals surface area contributed by atoms with Gasteiger partial charge in [-0.1, -0.05) is 66.2 Å². The van der Waals surface area contributed by atoms with E-state index in [-0.39, 0.29) is 23.8 Å². The van der Waals surface area contributed by atoms with Crippen LogP contribution in [0.4, 0.5) is 0 Å². The van der Waals surface area contributed by atoms with Gasteiger partial charge in [-0.25, -0.2) is 0 Å². The highest BCUT2D eigenvalue weighted by atomic mass is 16.5. The topological polar surface area (TPSA) is 59.0 Å². The zero-order valence-corrected chi connectivity index (χ0v) is 21.4. The van der Waals surface area contributed by atoms with Gasteiger partial charge >= 0.3 is 5.97 Å². The molecule has 1 saturated heterocycles. The van der Waals surface area contributed by atoms with Crippen LogP contribution in [0.1, 0.15) is 63.0 Å². The Bertz CT molecular complexity index is 1050. The molecule has 190 valence electrons. The van der Waals surface area contributed by atoms with E-state index >= 15 is 0 Å². The lowest BCUT2D eigenvalue weighted by Gasteiger charge is -2.34. The lowest BCUT2D eigenvalue weighted by Crippen LogP contribution is -2.35. The normalized spacial score (nSPS) is 23.5. The summed E-state index contributed by atoms with van der Waals surface area (Å²) in [6.45, 7) is 3.62. The first-order valence-electron chi connectivity index (χ1n) is 13.3. The van der Waals surface area contributed by atoms with Gasteiger partial charge in [-0.2, -0.15) is 0 Å². The van der Waals surface area contributed by atoms with Crippen LogP contribution in [0.3, 0.4) is 0 Å². The zero-order valence-electron chi connectivity index (χ0n) is 21.4. The van der Waals surface area contributed by atoms with Gasteiger partial charge in [0.2, 0.25) is 5.91 Å². The zero-order chi connectivity index (χ0) is 25.2. The lowest BCUT2D eigenvalue weighted by molar-refractivity contribution is -0.144. The molecule has 2 aliphatic rings. The molecule has 2 aromatic carbocycles. The molecule has 0 bridgehead atoms. The second kappa shape index (κ2) is 13.2. The molecule has 5 heteroatoms. The molecule has 3 atom stereocenters. The fourth-order valence-electron chi connectivity index (χ4n) is 5.71. The Morgan fingerprint density at radius 3 is 2.44 bits per heavy atom. The average Bonchev–Trinajstić information content (AvgIpc) is 3.21. The van der Waals surface area contributed by atoms with Gasteiger partial charge in [-0.3, -0.25) is 14.6 Å². The number of rotatable bonds is 10. The van der Waals surface area contributed by atoms with Crippen molar-refractivity contribution in [1.29, 1.82) is 0 Å². The van der Waals surface area contributed by atoms with E-state index in [1.807, 2.05) is 49.5 Å². The van der Waals surface area contributed by atoms with E-state index in [0.29, 0.717) is 38.5 Å². The van der Waals surface area contributed by atoms with E-state index in [0.717, 1.165) is 32.1 Å². The number of benzene rings is 2. The molecule has 0 spiro atoms. The molecular weight excluding hydrogens is 448 g/mol. The third-order valence-electron chi connectivity index (χ3n) is 7.32. The number of aliphatic imine (C=N–C) groups is 1. The standard InChI is InChI=1S/C31H38N2O3/c1-2-36-31(35)21-28-18-26(15-16-32-22-24-9-5-3-6-10-24)17-27(19-28)20-29-13-14-30(34)33(29)23-25-11-7-4-8-12-25/h3-12,15-16,27-29H,2,13-14,17-23H2,1H3/t27-,28+,29-/m0/s1. The first-order chi connectivity index (χ1) is 17.6. The van der Waals surface area contributed by atoms with Gasteiger partial charge in [-0.15, -0.1) is 0 Å². The first-order valence-corrected chi connectivity index (χ1v) is 13.3. The average molecular weight is 487 g/mol. The van der Waals surface area contributed by atoms with Crippen LogP contribution in [0, 0.1) is 11.8 Å². The van der Waals surface area contributed by atoms with Crippen molar-refractivity contribution >= 4 is 18.1 Å². The van der Waals surface area contributed by atoms with Crippen LogP contribution in [-0.4, -0.2) is 35.6 Å². The largest absolute Gasteiger partial charge is 0.466 e. The number of esters is 1. The van der Waals surface area contributed by atoms with E-state index in [4.69, 9.17) is 4.74 Å². The summed E-state index contributed by atoms with van der Waals surface area (Å²) in [7, 11) is 0. The van der Waals surface area contributed by atoms with E-state index in [1.54, 1.807) is 0 Å². The van der Waals surface area contributed by atoms with Crippen molar-refractivity contribution in [1.82, 2.24) is 4.90 Å². The highest BCUT2D eigenvalue weighted by Crippen LogP contribution is 2.39. The minimum atomic E-state index is -0.109. The second-order valence-electron chi connectivity index (χ2n) is 10.1. The number of carbonyl (C=O) groups excluding carboxylic acids is 2. The Labute approximate surface area is 215 Å². The summed E-state index contributed by atoms with van der Waals surface area (Å²) < 4.78 is 5.26. The highest BCUT2D eigenvalue weighted by molar-refractivity contribution is 5.78. The number of amides is 1. The summed E-state index contributed by atoms with van der Waals surface area (Å²) >= 11 is 0. The van der Waals surface area contributed by atoms with E-state index in [9.17, 15) is 9.59 Å². The fourth-order valence-corrected chi connectivity index (χ4v) is 5.71. The molecule has 0 N–H and O–H groups in total. The fraction of sp³-hybridized carbons (Fsp3) is 0.452. The summed E-state index contributed by atoms with van der Waals surface area (Å²) in [5, 5.41) is 0. The number of hydrogen-bond donors (Lipinski definition) is 0. The van der Waals surface area contributed by atoms with Crippen LogP contribution in [0.2, 0.25) is 0 Å². The summed E-state index contributed by atoms with van der Waals surface area (Å²) in [5.41, 5.74) is 3.71. The Hall–Kier alpha value is -3.21. The molecule has 1 aliphatic heterocycles. The Morgan fingerprint density at radius 1 is 1.03 bits per heavy atom. The van der Waals surface area contributed by atoms with Crippen molar-refractivity contribution in [3.63, 3.8) is 0 Å². The van der Waals surface area contributed by atoms with Crippen LogP contribution in [0.15, 0.2) is 77.3 Å². The molecule has 1 amide bonds. The smallest absolute Gasteiger partial charge is 0.306 e. The summed E-state index contributed by atoms with van der Waals surface area (Å²) in [5.74, 6) is 0.867. The molecule has 2 aromatic rings. The highest BCUT2D eigenvalue weighted by Gasteiger charge is 2.35. The number of carbonyl (C=O) groups is 2. The molecule has 36 heavy (non-hydrogen) atoms. The third-order valence-corrected chi connectivity index (χ3v) is 7.32.